The average molecular weight is 439 g/mol. The van der Waals surface area contributed by atoms with Crippen LogP contribution in [0.4, 0.5) is 0 Å². The van der Waals surface area contributed by atoms with Gasteiger partial charge in [0.2, 0.25) is 7.38 Å². The fraction of sp³-hybridized carbons (Fsp3) is 0.250. The largest absolute Gasteiger partial charge is 0.247 e. The van der Waals surface area contributed by atoms with Gasteiger partial charge < -0.3 is 0 Å². The molecule has 0 saturated heterocycles. The Labute approximate surface area is 178 Å². The number of benzene rings is 3. The van der Waals surface area contributed by atoms with Crippen molar-refractivity contribution in [3.8, 4) is 0 Å². The Kier molecular flexibility index (Phi) is 5.93. The van der Waals surface area contributed by atoms with Gasteiger partial charge in [-0.05, 0) is 15.6 Å². The summed E-state index contributed by atoms with van der Waals surface area (Å²) in [6.45, 7) is 14.4. The summed E-state index contributed by atoms with van der Waals surface area (Å²) in [6, 6.07) is 29.0. The molecular weight excluding hydrogens is 408 g/mol. The van der Waals surface area contributed by atoms with E-state index in [-0.39, 0.29) is 0 Å². The van der Waals surface area contributed by atoms with E-state index in [9.17, 15) is 0 Å². The Morgan fingerprint density at radius 3 is 1.21 bits per heavy atom. The molecule has 0 aromatic heterocycles. The van der Waals surface area contributed by atoms with Gasteiger partial charge in [-0.1, -0.05) is 129 Å². The van der Waals surface area contributed by atoms with Gasteiger partial charge in [-0.25, -0.2) is 0 Å². The molecule has 3 rings (SSSR count). The molecule has 3 aromatic rings. The summed E-state index contributed by atoms with van der Waals surface area (Å²) in [5.74, 6) is 0. The molecule has 146 valence electrons. The Morgan fingerprint density at radius 2 is 0.821 bits per heavy atom. The van der Waals surface area contributed by atoms with E-state index in [4.69, 9.17) is 11.1 Å². The van der Waals surface area contributed by atoms with Gasteiger partial charge in [-0.2, -0.15) is 0 Å². The standard InChI is InChI=1S/C24H31ClSi3/c1-26(2,3)21-14-10-16-23(18-21)28(25,20-12-8-7-9-13-20)24-17-11-15-22(19-24)27(4,5)6/h7-19H,1-6H3. The predicted molar refractivity (Wildman–Crippen MR) is 136 cm³/mol. The first-order valence-electron chi connectivity index (χ1n) is 9.99. The summed E-state index contributed by atoms with van der Waals surface area (Å²) < 4.78 is 0. The molecule has 0 aliphatic heterocycles. The van der Waals surface area contributed by atoms with Crippen molar-refractivity contribution in [2.75, 3.05) is 0 Å². The lowest BCUT2D eigenvalue weighted by molar-refractivity contribution is 1.68. The van der Waals surface area contributed by atoms with Gasteiger partial charge >= 0.3 is 0 Å². The van der Waals surface area contributed by atoms with Crippen LogP contribution in [0.3, 0.4) is 0 Å². The van der Waals surface area contributed by atoms with Crippen molar-refractivity contribution in [3.63, 3.8) is 0 Å². The van der Waals surface area contributed by atoms with Crippen molar-refractivity contribution < 1.29 is 0 Å². The summed E-state index contributed by atoms with van der Waals surface area (Å²) in [6.07, 6.45) is 0. The molecule has 0 atom stereocenters. The van der Waals surface area contributed by atoms with Gasteiger partial charge in [-0.3, -0.25) is 0 Å². The number of hydrogen-bond donors (Lipinski definition) is 0. The van der Waals surface area contributed by atoms with Gasteiger partial charge in [0.15, 0.2) is 0 Å². The fourth-order valence-electron chi connectivity index (χ4n) is 3.57. The average Bonchev–Trinajstić information content (AvgIpc) is 2.67. The molecule has 0 amide bonds. The molecule has 0 spiro atoms. The van der Waals surface area contributed by atoms with Gasteiger partial charge in [0.25, 0.3) is 0 Å². The van der Waals surface area contributed by atoms with E-state index >= 15 is 0 Å². The maximum absolute atomic E-state index is 7.73. The minimum absolute atomic E-state index is 1.26. The van der Waals surface area contributed by atoms with E-state index in [1.54, 1.807) is 0 Å². The quantitative estimate of drug-likeness (QED) is 0.321. The third kappa shape index (κ3) is 4.28. The van der Waals surface area contributed by atoms with Crippen molar-refractivity contribution in [1.82, 2.24) is 0 Å². The van der Waals surface area contributed by atoms with E-state index in [1.165, 1.54) is 25.9 Å². The van der Waals surface area contributed by atoms with E-state index in [2.05, 4.69) is 118 Å². The van der Waals surface area contributed by atoms with Crippen LogP contribution in [0.15, 0.2) is 78.9 Å². The molecule has 0 aliphatic rings. The van der Waals surface area contributed by atoms with E-state index in [0.29, 0.717) is 0 Å². The van der Waals surface area contributed by atoms with Crippen molar-refractivity contribution in [2.45, 2.75) is 39.3 Å². The smallest absolute Gasteiger partial charge is 0.149 e. The maximum atomic E-state index is 7.73. The highest BCUT2D eigenvalue weighted by Gasteiger charge is 2.39. The van der Waals surface area contributed by atoms with Crippen molar-refractivity contribution in [2.24, 2.45) is 0 Å². The number of hydrogen-bond acceptors (Lipinski definition) is 0. The topological polar surface area (TPSA) is 0 Å². The van der Waals surface area contributed by atoms with Gasteiger partial charge in [0.05, 0.1) is 16.1 Å². The summed E-state index contributed by atoms with van der Waals surface area (Å²) in [7, 11) is -5.41. The SMILES string of the molecule is C[Si](C)(C)c1cccc([Si](Cl)(c2ccccc2)c2cccc([Si](C)(C)C)c2)c1. The molecule has 0 fully saturated rings. The lowest BCUT2D eigenvalue weighted by atomic mass is 10.3. The highest BCUT2D eigenvalue weighted by molar-refractivity contribution is 7.40. The zero-order chi connectivity index (χ0) is 20.6. The van der Waals surface area contributed by atoms with Gasteiger partial charge in [0, 0.05) is 0 Å². The zero-order valence-electron chi connectivity index (χ0n) is 17.9. The second-order valence-corrected chi connectivity index (χ2v) is 24.6. The Bertz CT molecular complexity index is 896. The number of rotatable bonds is 5. The van der Waals surface area contributed by atoms with Crippen LogP contribution in [-0.2, 0) is 0 Å². The maximum Gasteiger partial charge on any atom is 0.247 e. The van der Waals surface area contributed by atoms with Crippen molar-refractivity contribution >= 4 is 60.5 Å². The second-order valence-electron chi connectivity index (χ2n) is 9.69. The predicted octanol–water partition coefficient (Wildman–Crippen LogP) is 3.98. The van der Waals surface area contributed by atoms with Crippen LogP contribution in [0.2, 0.25) is 39.3 Å². The van der Waals surface area contributed by atoms with E-state index in [1.807, 2.05) is 0 Å². The molecule has 0 radical (unpaired) electrons. The summed E-state index contributed by atoms with van der Waals surface area (Å²) in [4.78, 5) is 0. The van der Waals surface area contributed by atoms with E-state index in [0.717, 1.165) is 0 Å². The molecule has 0 heterocycles. The van der Waals surface area contributed by atoms with Gasteiger partial charge in [0.1, 0.15) is 0 Å². The summed E-state index contributed by atoms with van der Waals surface area (Å²) >= 11 is 7.73. The second kappa shape index (κ2) is 7.79. The lowest BCUT2D eigenvalue weighted by Gasteiger charge is -2.29. The minimum atomic E-state index is -2.58. The lowest BCUT2D eigenvalue weighted by Crippen LogP contribution is -2.64. The monoisotopic (exact) mass is 438 g/mol. The third-order valence-corrected chi connectivity index (χ3v) is 14.8. The van der Waals surface area contributed by atoms with E-state index < -0.39 is 23.5 Å². The first-order chi connectivity index (χ1) is 13.0. The Hall–Kier alpha value is -1.40. The molecule has 0 N–H and O–H groups in total. The molecule has 0 nitrogen and oxygen atoms in total. The van der Waals surface area contributed by atoms with Crippen LogP contribution in [0, 0.1) is 0 Å². The molecule has 0 bridgehead atoms. The highest BCUT2D eigenvalue weighted by atomic mass is 35.6. The Morgan fingerprint density at radius 1 is 0.464 bits per heavy atom. The first-order valence-corrected chi connectivity index (χ1v) is 20.0. The zero-order valence-corrected chi connectivity index (χ0v) is 21.6. The van der Waals surface area contributed by atoms with Crippen LogP contribution in [0.1, 0.15) is 0 Å². The molecule has 0 aliphatic carbocycles. The van der Waals surface area contributed by atoms with Crippen LogP contribution >= 0.6 is 11.1 Å². The van der Waals surface area contributed by atoms with Crippen LogP contribution in [-0.4, -0.2) is 23.5 Å². The normalized spacial score (nSPS) is 12.8. The Balaban J connectivity index is 2.27. The molecular formula is C24H31ClSi3. The van der Waals surface area contributed by atoms with Crippen LogP contribution < -0.4 is 25.9 Å². The number of halogens is 1. The molecule has 3 aromatic carbocycles. The van der Waals surface area contributed by atoms with Crippen LogP contribution in [0.5, 0.6) is 0 Å². The van der Waals surface area contributed by atoms with Crippen molar-refractivity contribution in [3.05, 3.63) is 78.9 Å². The summed E-state index contributed by atoms with van der Waals surface area (Å²) in [5, 5.41) is 6.80. The molecule has 0 unspecified atom stereocenters. The first kappa shape index (κ1) is 21.3. The molecule has 4 heteroatoms. The van der Waals surface area contributed by atoms with Gasteiger partial charge in [-0.15, -0.1) is 11.1 Å². The molecule has 28 heavy (non-hydrogen) atoms. The minimum Gasteiger partial charge on any atom is -0.149 e. The van der Waals surface area contributed by atoms with Crippen molar-refractivity contribution in [1.29, 1.82) is 0 Å². The van der Waals surface area contributed by atoms with Crippen LogP contribution in [0.25, 0.3) is 0 Å². The fourth-order valence-corrected chi connectivity index (χ4v) is 10.3. The third-order valence-electron chi connectivity index (χ3n) is 5.42. The highest BCUT2D eigenvalue weighted by Crippen LogP contribution is 2.13. The summed E-state index contributed by atoms with van der Waals surface area (Å²) in [5.41, 5.74) is 0. The molecule has 0 saturated carbocycles.